The molecule has 2 N–H and O–H groups in total. The first-order valence-corrected chi connectivity index (χ1v) is 3.71. The summed E-state index contributed by atoms with van der Waals surface area (Å²) >= 11 is 0. The maximum Gasteiger partial charge on any atom is 0.320 e. The third kappa shape index (κ3) is 1.92. The van der Waals surface area contributed by atoms with Gasteiger partial charge in [-0.25, -0.2) is 4.39 Å². The molecule has 1 heterocycles. The second kappa shape index (κ2) is 3.37. The molecule has 0 spiro atoms. The molecule has 12 heavy (non-hydrogen) atoms. The molecule has 1 aliphatic heterocycles. The largest absolute Gasteiger partial charge is 0.480 e. The number of carbonyl (C=O) groups is 1. The maximum absolute atomic E-state index is 13.5. The predicted octanol–water partition coefficient (Wildman–Crippen LogP) is -0.212. The van der Waals surface area contributed by atoms with Crippen molar-refractivity contribution >= 4 is 5.97 Å². The van der Waals surface area contributed by atoms with E-state index in [1.807, 2.05) is 0 Å². The van der Waals surface area contributed by atoms with Crippen LogP contribution in [0.2, 0.25) is 0 Å². The van der Waals surface area contributed by atoms with Crippen molar-refractivity contribution in [3.63, 3.8) is 0 Å². The first-order valence-electron chi connectivity index (χ1n) is 3.71. The average molecular weight is 177 g/mol. The summed E-state index contributed by atoms with van der Waals surface area (Å²) in [5, 5.41) is 11.1. The van der Waals surface area contributed by atoms with Gasteiger partial charge in [0.2, 0.25) is 0 Å². The third-order valence-electron chi connectivity index (χ3n) is 1.94. The van der Waals surface area contributed by atoms with Gasteiger partial charge in [0.15, 0.2) is 0 Å². The molecule has 0 aromatic carbocycles. The summed E-state index contributed by atoms with van der Waals surface area (Å²) in [7, 11) is 1.40. The molecule has 5 heteroatoms. The minimum atomic E-state index is -1.52. The fourth-order valence-electron chi connectivity index (χ4n) is 1.36. The maximum atomic E-state index is 13.5. The number of hydrogen-bond donors (Lipinski definition) is 2. The molecule has 2 atom stereocenters. The highest BCUT2D eigenvalue weighted by molar-refractivity contribution is 5.74. The number of nitrogens with one attached hydrogen (secondary N) is 1. The minimum Gasteiger partial charge on any atom is -0.480 e. The number of methoxy groups -OCH3 is 1. The highest BCUT2D eigenvalue weighted by Gasteiger charge is 2.42. The van der Waals surface area contributed by atoms with Crippen LogP contribution in [-0.4, -0.2) is 43.0 Å². The Labute approximate surface area is 69.7 Å². The summed E-state index contributed by atoms with van der Waals surface area (Å²) in [6, 6.07) is -0.773. The van der Waals surface area contributed by atoms with Gasteiger partial charge in [0.25, 0.3) is 0 Å². The SMILES string of the molecule is COCC1(F)CNC(C(=O)O)C1. The number of carboxylic acid groups (broad SMARTS) is 1. The lowest BCUT2D eigenvalue weighted by Crippen LogP contribution is -2.31. The van der Waals surface area contributed by atoms with Gasteiger partial charge in [-0.1, -0.05) is 0 Å². The van der Waals surface area contributed by atoms with E-state index < -0.39 is 17.7 Å². The van der Waals surface area contributed by atoms with Crippen molar-refractivity contribution in [3.8, 4) is 0 Å². The molecule has 4 nitrogen and oxygen atoms in total. The van der Waals surface area contributed by atoms with E-state index in [0.29, 0.717) is 0 Å². The molecule has 0 bridgehead atoms. The van der Waals surface area contributed by atoms with Crippen LogP contribution in [0.1, 0.15) is 6.42 Å². The van der Waals surface area contributed by atoms with Crippen LogP contribution in [0, 0.1) is 0 Å². The van der Waals surface area contributed by atoms with Crippen LogP contribution in [0.5, 0.6) is 0 Å². The normalized spacial score (nSPS) is 35.3. The smallest absolute Gasteiger partial charge is 0.320 e. The molecule has 0 amide bonds. The van der Waals surface area contributed by atoms with Crippen LogP contribution < -0.4 is 5.32 Å². The quantitative estimate of drug-likeness (QED) is 0.626. The van der Waals surface area contributed by atoms with Crippen molar-refractivity contribution in [1.29, 1.82) is 0 Å². The van der Waals surface area contributed by atoms with Crippen molar-refractivity contribution in [3.05, 3.63) is 0 Å². The van der Waals surface area contributed by atoms with E-state index >= 15 is 0 Å². The number of hydrogen-bond acceptors (Lipinski definition) is 3. The Kier molecular flexibility index (Phi) is 2.64. The highest BCUT2D eigenvalue weighted by atomic mass is 19.1. The number of alkyl halides is 1. The van der Waals surface area contributed by atoms with Gasteiger partial charge in [0.05, 0.1) is 6.61 Å². The third-order valence-corrected chi connectivity index (χ3v) is 1.94. The van der Waals surface area contributed by atoms with E-state index in [1.165, 1.54) is 7.11 Å². The van der Waals surface area contributed by atoms with Crippen molar-refractivity contribution < 1.29 is 19.0 Å². The second-order valence-electron chi connectivity index (χ2n) is 3.06. The van der Waals surface area contributed by atoms with Gasteiger partial charge >= 0.3 is 5.97 Å². The summed E-state index contributed by atoms with van der Waals surface area (Å²) in [6.07, 6.45) is -0.0177. The number of halogens is 1. The molecule has 1 saturated heterocycles. The molecule has 0 aromatic rings. The Hall–Kier alpha value is -0.680. The number of ether oxygens (including phenoxy) is 1. The number of aliphatic carboxylic acids is 1. The van der Waals surface area contributed by atoms with Crippen LogP contribution in [0.25, 0.3) is 0 Å². The second-order valence-corrected chi connectivity index (χ2v) is 3.06. The average Bonchev–Trinajstić information content (AvgIpc) is 2.33. The lowest BCUT2D eigenvalue weighted by molar-refractivity contribution is -0.139. The Bertz CT molecular complexity index is 187. The van der Waals surface area contributed by atoms with Gasteiger partial charge in [0, 0.05) is 20.1 Å². The van der Waals surface area contributed by atoms with E-state index in [0.717, 1.165) is 0 Å². The van der Waals surface area contributed by atoms with Crippen LogP contribution >= 0.6 is 0 Å². The van der Waals surface area contributed by atoms with Gasteiger partial charge < -0.3 is 15.2 Å². The molecule has 0 saturated carbocycles. The Morgan fingerprint density at radius 3 is 3.00 bits per heavy atom. The number of rotatable bonds is 3. The van der Waals surface area contributed by atoms with Crippen molar-refractivity contribution in [2.24, 2.45) is 0 Å². The summed E-state index contributed by atoms with van der Waals surface area (Å²) in [4.78, 5) is 10.4. The van der Waals surface area contributed by atoms with E-state index in [-0.39, 0.29) is 19.6 Å². The first kappa shape index (κ1) is 9.41. The standard InChI is InChI=1S/C7H12FNO3/c1-12-4-7(8)2-5(6(10)11)9-3-7/h5,9H,2-4H2,1H3,(H,10,11). The molecule has 0 radical (unpaired) electrons. The van der Waals surface area contributed by atoms with Gasteiger partial charge in [-0.15, -0.1) is 0 Å². The Balaban J connectivity index is 2.48. The van der Waals surface area contributed by atoms with Crippen LogP contribution in [0.3, 0.4) is 0 Å². The lowest BCUT2D eigenvalue weighted by Gasteiger charge is -2.15. The fourth-order valence-corrected chi connectivity index (χ4v) is 1.36. The molecule has 0 aliphatic carbocycles. The van der Waals surface area contributed by atoms with Crippen LogP contribution in [0.15, 0.2) is 0 Å². The zero-order chi connectivity index (χ0) is 9.19. The van der Waals surface area contributed by atoms with Crippen LogP contribution in [0.4, 0.5) is 4.39 Å². The van der Waals surface area contributed by atoms with Crippen molar-refractivity contribution in [1.82, 2.24) is 5.32 Å². The lowest BCUT2D eigenvalue weighted by atomic mass is 10.0. The van der Waals surface area contributed by atoms with E-state index in [2.05, 4.69) is 10.1 Å². The zero-order valence-electron chi connectivity index (χ0n) is 6.84. The molecule has 2 unspecified atom stereocenters. The number of carboxylic acids is 1. The molecule has 1 rings (SSSR count). The molecular formula is C7H12FNO3. The zero-order valence-corrected chi connectivity index (χ0v) is 6.84. The van der Waals surface area contributed by atoms with Gasteiger partial charge in [-0.3, -0.25) is 4.79 Å². The summed E-state index contributed by atoms with van der Waals surface area (Å²) in [5.74, 6) is -1.01. The molecular weight excluding hydrogens is 165 g/mol. The molecule has 70 valence electrons. The summed E-state index contributed by atoms with van der Waals surface area (Å²) in [5.41, 5.74) is -1.52. The monoisotopic (exact) mass is 177 g/mol. The van der Waals surface area contributed by atoms with E-state index in [9.17, 15) is 9.18 Å². The van der Waals surface area contributed by atoms with Crippen molar-refractivity contribution in [2.45, 2.75) is 18.1 Å². The Morgan fingerprint density at radius 1 is 1.92 bits per heavy atom. The van der Waals surface area contributed by atoms with Gasteiger partial charge in [0.1, 0.15) is 11.7 Å². The summed E-state index contributed by atoms with van der Waals surface area (Å²) in [6.45, 7) is 0.00157. The molecule has 0 aromatic heterocycles. The van der Waals surface area contributed by atoms with Crippen molar-refractivity contribution in [2.75, 3.05) is 20.3 Å². The van der Waals surface area contributed by atoms with E-state index in [1.54, 1.807) is 0 Å². The highest BCUT2D eigenvalue weighted by Crippen LogP contribution is 2.24. The van der Waals surface area contributed by atoms with Crippen LogP contribution in [-0.2, 0) is 9.53 Å². The van der Waals surface area contributed by atoms with E-state index in [4.69, 9.17) is 5.11 Å². The van der Waals surface area contributed by atoms with Gasteiger partial charge in [-0.05, 0) is 0 Å². The topological polar surface area (TPSA) is 58.6 Å². The molecule has 1 fully saturated rings. The Morgan fingerprint density at radius 2 is 2.58 bits per heavy atom. The molecule has 1 aliphatic rings. The predicted molar refractivity (Wildman–Crippen MR) is 39.8 cm³/mol. The summed E-state index contributed by atoms with van der Waals surface area (Å²) < 4.78 is 18.1. The first-order chi connectivity index (χ1) is 5.57. The minimum absolute atomic E-state index is 0.0177. The fraction of sp³-hybridized carbons (Fsp3) is 0.857. The van der Waals surface area contributed by atoms with Gasteiger partial charge in [-0.2, -0.15) is 0 Å².